The number of dihydropyridines is 1. The van der Waals surface area contributed by atoms with E-state index in [2.05, 4.69) is 48.7 Å². The van der Waals surface area contributed by atoms with Crippen LogP contribution in [0.25, 0.3) is 0 Å². The second kappa shape index (κ2) is 9.02. The van der Waals surface area contributed by atoms with Gasteiger partial charge in [-0.25, -0.2) is 4.79 Å². The summed E-state index contributed by atoms with van der Waals surface area (Å²) in [5.41, 5.74) is 3.96. The molecule has 5 heteroatoms. The van der Waals surface area contributed by atoms with E-state index in [1.807, 2.05) is 31.2 Å². The zero-order valence-electron chi connectivity index (χ0n) is 17.7. The average Bonchev–Trinajstić information content (AvgIpc) is 2.63. The van der Waals surface area contributed by atoms with E-state index in [4.69, 9.17) is 4.74 Å². The molecule has 0 saturated carbocycles. The summed E-state index contributed by atoms with van der Waals surface area (Å²) >= 11 is 2.29. The minimum absolute atomic E-state index is 0.0875. The van der Waals surface area contributed by atoms with Crippen LogP contribution in [0.2, 0.25) is 0 Å². The number of Topliss-reactive ketones (excluding diaryl/α,β-unsaturated/α-hetero) is 1. The molecule has 1 aromatic carbocycles. The van der Waals surface area contributed by atoms with E-state index in [1.54, 1.807) is 0 Å². The van der Waals surface area contributed by atoms with Gasteiger partial charge in [0.2, 0.25) is 0 Å². The van der Waals surface area contributed by atoms with Crippen LogP contribution in [-0.4, -0.2) is 18.4 Å². The predicted molar refractivity (Wildman–Crippen MR) is 123 cm³/mol. The standard InChI is InChI=1S/C24H30INO3/c1-5-6-9-12-29-23(28)20-15(2)26-18-13-24(3,4)14-19(27)22(18)21(20)16-10-7-8-11-17(16)25/h7-8,10-11,21,26H,5-6,9,12-14H2,1-4H3/t21-/m0/s1. The summed E-state index contributed by atoms with van der Waals surface area (Å²) in [6, 6.07) is 7.99. The van der Waals surface area contributed by atoms with Crippen molar-refractivity contribution in [2.45, 2.75) is 65.7 Å². The maximum Gasteiger partial charge on any atom is 0.336 e. The van der Waals surface area contributed by atoms with Crippen molar-refractivity contribution in [3.8, 4) is 0 Å². The Bertz CT molecular complexity index is 882. The Hall–Kier alpha value is -1.63. The van der Waals surface area contributed by atoms with Gasteiger partial charge in [-0.15, -0.1) is 0 Å². The minimum Gasteiger partial charge on any atom is -0.462 e. The van der Waals surface area contributed by atoms with Crippen LogP contribution in [0.4, 0.5) is 0 Å². The topological polar surface area (TPSA) is 55.4 Å². The molecule has 156 valence electrons. The summed E-state index contributed by atoms with van der Waals surface area (Å²) in [6.07, 6.45) is 4.25. The van der Waals surface area contributed by atoms with Crippen LogP contribution in [0.15, 0.2) is 46.8 Å². The van der Waals surface area contributed by atoms with Crippen LogP contribution >= 0.6 is 22.6 Å². The number of ketones is 1. The third-order valence-electron chi connectivity index (χ3n) is 5.66. The molecule has 0 spiro atoms. The maximum atomic E-state index is 13.2. The molecule has 0 aromatic heterocycles. The highest BCUT2D eigenvalue weighted by molar-refractivity contribution is 14.1. The van der Waals surface area contributed by atoms with E-state index in [-0.39, 0.29) is 23.1 Å². The zero-order valence-corrected chi connectivity index (χ0v) is 19.9. The van der Waals surface area contributed by atoms with Gasteiger partial charge in [0, 0.05) is 32.9 Å². The molecule has 1 atom stereocenters. The number of unbranched alkanes of at least 4 members (excludes halogenated alkanes) is 2. The fourth-order valence-corrected chi connectivity index (χ4v) is 5.02. The van der Waals surface area contributed by atoms with Crippen LogP contribution in [-0.2, 0) is 14.3 Å². The Kier molecular flexibility index (Phi) is 6.87. The average molecular weight is 507 g/mol. The molecule has 3 rings (SSSR count). The number of carbonyl (C=O) groups excluding carboxylic acids is 2. The largest absolute Gasteiger partial charge is 0.462 e. The second-order valence-corrected chi connectivity index (χ2v) is 9.96. The molecule has 2 aliphatic rings. The maximum absolute atomic E-state index is 13.2. The van der Waals surface area contributed by atoms with Crippen molar-refractivity contribution in [2.24, 2.45) is 5.41 Å². The number of rotatable bonds is 6. The molecule has 1 aliphatic heterocycles. The van der Waals surface area contributed by atoms with Gasteiger partial charge in [-0.05, 0) is 59.4 Å². The quantitative estimate of drug-likeness (QED) is 0.308. The first-order valence-electron chi connectivity index (χ1n) is 10.4. The molecule has 0 fully saturated rings. The van der Waals surface area contributed by atoms with Crippen molar-refractivity contribution in [3.63, 3.8) is 0 Å². The van der Waals surface area contributed by atoms with Gasteiger partial charge in [-0.3, -0.25) is 4.79 Å². The summed E-state index contributed by atoms with van der Waals surface area (Å²) < 4.78 is 6.68. The number of halogens is 1. The molecule has 0 amide bonds. The van der Waals surface area contributed by atoms with Crippen molar-refractivity contribution < 1.29 is 14.3 Å². The first-order valence-corrected chi connectivity index (χ1v) is 11.5. The van der Waals surface area contributed by atoms with Crippen molar-refractivity contribution in [2.75, 3.05) is 6.61 Å². The van der Waals surface area contributed by atoms with Gasteiger partial charge >= 0.3 is 5.97 Å². The van der Waals surface area contributed by atoms with Crippen molar-refractivity contribution in [1.29, 1.82) is 0 Å². The number of carbonyl (C=O) groups is 2. The molecule has 0 unspecified atom stereocenters. The molecule has 29 heavy (non-hydrogen) atoms. The van der Waals surface area contributed by atoms with Crippen LogP contribution in [0.1, 0.15) is 71.3 Å². The summed E-state index contributed by atoms with van der Waals surface area (Å²) in [5, 5.41) is 3.39. The van der Waals surface area contributed by atoms with E-state index < -0.39 is 0 Å². The van der Waals surface area contributed by atoms with Crippen molar-refractivity contribution in [3.05, 3.63) is 55.9 Å². The first-order chi connectivity index (χ1) is 13.7. The Morgan fingerprint density at radius 1 is 1.24 bits per heavy atom. The Morgan fingerprint density at radius 3 is 2.66 bits per heavy atom. The minimum atomic E-state index is -0.373. The van der Waals surface area contributed by atoms with Crippen molar-refractivity contribution in [1.82, 2.24) is 5.32 Å². The number of allylic oxidation sites excluding steroid dienone is 3. The molecule has 1 aromatic rings. The van der Waals surface area contributed by atoms with Crippen molar-refractivity contribution >= 4 is 34.3 Å². The first kappa shape index (κ1) is 22.1. The van der Waals surface area contributed by atoms with Crippen LogP contribution in [0, 0.1) is 8.99 Å². The predicted octanol–water partition coefficient (Wildman–Crippen LogP) is 5.63. The Balaban J connectivity index is 2.05. The molecule has 1 N–H and O–H groups in total. The van der Waals surface area contributed by atoms with Crippen LogP contribution < -0.4 is 5.32 Å². The van der Waals surface area contributed by atoms with E-state index >= 15 is 0 Å². The van der Waals surface area contributed by atoms with Gasteiger partial charge in [0.15, 0.2) is 5.78 Å². The fourth-order valence-electron chi connectivity index (χ4n) is 4.32. The van der Waals surface area contributed by atoms with E-state index in [1.165, 1.54) is 0 Å². The molecule has 0 radical (unpaired) electrons. The SMILES string of the molecule is CCCCCOC(=O)C1=C(C)NC2=C(C(=O)CC(C)(C)C2)[C@H]1c1ccccc1I. The monoisotopic (exact) mass is 507 g/mol. The molecule has 1 heterocycles. The highest BCUT2D eigenvalue weighted by Gasteiger charge is 2.43. The lowest BCUT2D eigenvalue weighted by Crippen LogP contribution is -2.39. The Labute approximate surface area is 187 Å². The summed E-state index contributed by atoms with van der Waals surface area (Å²) in [7, 11) is 0. The van der Waals surface area contributed by atoms with E-state index in [9.17, 15) is 9.59 Å². The number of esters is 1. The van der Waals surface area contributed by atoms with Gasteiger partial charge in [0.1, 0.15) is 0 Å². The van der Waals surface area contributed by atoms with E-state index in [0.29, 0.717) is 18.6 Å². The number of nitrogens with one attached hydrogen (secondary N) is 1. The number of hydrogen-bond acceptors (Lipinski definition) is 4. The Morgan fingerprint density at radius 2 is 1.97 bits per heavy atom. The second-order valence-electron chi connectivity index (χ2n) is 8.79. The van der Waals surface area contributed by atoms with Gasteiger partial charge in [0.25, 0.3) is 0 Å². The summed E-state index contributed by atoms with van der Waals surface area (Å²) in [6.45, 7) is 8.69. The van der Waals surface area contributed by atoms with Gasteiger partial charge in [-0.1, -0.05) is 51.8 Å². The molecule has 1 aliphatic carbocycles. The van der Waals surface area contributed by atoms with E-state index in [0.717, 1.165) is 51.8 Å². The highest BCUT2D eigenvalue weighted by Crippen LogP contribution is 2.47. The van der Waals surface area contributed by atoms with Crippen LogP contribution in [0.5, 0.6) is 0 Å². The highest BCUT2D eigenvalue weighted by atomic mass is 127. The molecule has 0 bridgehead atoms. The van der Waals surface area contributed by atoms with Gasteiger partial charge in [-0.2, -0.15) is 0 Å². The summed E-state index contributed by atoms with van der Waals surface area (Å²) in [4.78, 5) is 26.4. The lowest BCUT2D eigenvalue weighted by Gasteiger charge is -2.39. The molecular formula is C24H30INO3. The third kappa shape index (κ3) is 4.76. The van der Waals surface area contributed by atoms with Gasteiger partial charge in [0.05, 0.1) is 12.2 Å². The summed E-state index contributed by atoms with van der Waals surface area (Å²) in [5.74, 6) is -0.571. The number of benzene rings is 1. The smallest absolute Gasteiger partial charge is 0.336 e. The molecule has 4 nitrogen and oxygen atoms in total. The zero-order chi connectivity index (χ0) is 21.2. The number of hydrogen-bond donors (Lipinski definition) is 1. The molecular weight excluding hydrogens is 477 g/mol. The normalized spacial score (nSPS) is 21.0. The lowest BCUT2D eigenvalue weighted by molar-refractivity contribution is -0.139. The number of ether oxygens (including phenoxy) is 1. The lowest BCUT2D eigenvalue weighted by atomic mass is 9.68. The molecule has 0 saturated heterocycles. The third-order valence-corrected chi connectivity index (χ3v) is 6.64. The van der Waals surface area contributed by atoms with Crippen LogP contribution in [0.3, 0.4) is 0 Å². The fraction of sp³-hybridized carbons (Fsp3) is 0.500. The van der Waals surface area contributed by atoms with Gasteiger partial charge < -0.3 is 10.1 Å².